The Morgan fingerprint density at radius 1 is 1.71 bits per heavy atom. The second-order valence-corrected chi connectivity index (χ2v) is 4.87. The third kappa shape index (κ3) is 3.06. The highest BCUT2D eigenvalue weighted by Gasteiger charge is 2.17. The molecule has 1 atom stereocenters. The number of hydrazine groups is 1. The van der Waals surface area contributed by atoms with Crippen LogP contribution in [0.1, 0.15) is 10.9 Å². The highest BCUT2D eigenvalue weighted by molar-refractivity contribution is 9.10. The SMILES string of the molecule is CN(C)NC(=O)C(N)c1cc(Br)cs1. The lowest BCUT2D eigenvalue weighted by atomic mass is 10.2. The summed E-state index contributed by atoms with van der Waals surface area (Å²) < 4.78 is 0.950. The van der Waals surface area contributed by atoms with Crippen LogP contribution >= 0.6 is 27.3 Å². The van der Waals surface area contributed by atoms with Crippen molar-refractivity contribution in [1.82, 2.24) is 10.4 Å². The summed E-state index contributed by atoms with van der Waals surface area (Å²) in [6.07, 6.45) is 0. The van der Waals surface area contributed by atoms with Gasteiger partial charge >= 0.3 is 0 Å². The Balaban J connectivity index is 2.65. The minimum atomic E-state index is -0.603. The first-order valence-electron chi connectivity index (χ1n) is 3.98. The molecule has 1 aromatic heterocycles. The fraction of sp³-hybridized carbons (Fsp3) is 0.375. The Morgan fingerprint density at radius 3 is 2.79 bits per heavy atom. The summed E-state index contributed by atoms with van der Waals surface area (Å²) in [5.41, 5.74) is 8.36. The summed E-state index contributed by atoms with van der Waals surface area (Å²) >= 11 is 4.77. The highest BCUT2D eigenvalue weighted by atomic mass is 79.9. The summed E-state index contributed by atoms with van der Waals surface area (Å²) in [7, 11) is 3.49. The molecule has 0 saturated heterocycles. The second kappa shape index (κ2) is 4.88. The average Bonchev–Trinajstić information content (AvgIpc) is 2.49. The molecule has 14 heavy (non-hydrogen) atoms. The fourth-order valence-corrected chi connectivity index (χ4v) is 2.35. The average molecular weight is 278 g/mol. The van der Waals surface area contributed by atoms with E-state index in [1.54, 1.807) is 19.1 Å². The van der Waals surface area contributed by atoms with E-state index >= 15 is 0 Å². The molecule has 1 heterocycles. The molecule has 0 aliphatic heterocycles. The summed E-state index contributed by atoms with van der Waals surface area (Å²) in [4.78, 5) is 12.3. The summed E-state index contributed by atoms with van der Waals surface area (Å²) in [5.74, 6) is -0.204. The Bertz CT molecular complexity index is 326. The maximum absolute atomic E-state index is 11.5. The lowest BCUT2D eigenvalue weighted by Crippen LogP contribution is -2.41. The van der Waals surface area contributed by atoms with E-state index in [0.29, 0.717) is 0 Å². The Hall–Kier alpha value is -0.430. The van der Waals surface area contributed by atoms with Gasteiger partial charge in [0.15, 0.2) is 0 Å². The van der Waals surface area contributed by atoms with Crippen LogP contribution in [-0.4, -0.2) is 25.0 Å². The van der Waals surface area contributed by atoms with E-state index in [1.165, 1.54) is 11.3 Å². The van der Waals surface area contributed by atoms with E-state index in [9.17, 15) is 4.79 Å². The number of thiophene rings is 1. The van der Waals surface area contributed by atoms with Gasteiger partial charge in [-0.05, 0) is 22.0 Å². The highest BCUT2D eigenvalue weighted by Crippen LogP contribution is 2.24. The number of amides is 1. The molecular formula is C8H12BrN3OS. The van der Waals surface area contributed by atoms with Crippen molar-refractivity contribution in [2.45, 2.75) is 6.04 Å². The predicted octanol–water partition coefficient (Wildman–Crippen LogP) is 1.10. The molecule has 0 aliphatic carbocycles. The third-order valence-corrected chi connectivity index (χ3v) is 3.29. The maximum Gasteiger partial charge on any atom is 0.256 e. The van der Waals surface area contributed by atoms with Gasteiger partial charge in [0.2, 0.25) is 0 Å². The van der Waals surface area contributed by atoms with Gasteiger partial charge in [0, 0.05) is 28.8 Å². The minimum absolute atomic E-state index is 0.204. The zero-order chi connectivity index (χ0) is 10.7. The number of nitrogens with two attached hydrogens (primary N) is 1. The second-order valence-electron chi connectivity index (χ2n) is 3.02. The van der Waals surface area contributed by atoms with Crippen LogP contribution in [0.2, 0.25) is 0 Å². The van der Waals surface area contributed by atoms with Crippen LogP contribution in [0, 0.1) is 0 Å². The standard InChI is InChI=1S/C8H12BrN3OS/c1-12(2)11-8(13)7(10)6-3-5(9)4-14-6/h3-4,7H,10H2,1-2H3,(H,11,13). The first-order chi connectivity index (χ1) is 6.50. The topological polar surface area (TPSA) is 58.4 Å². The van der Waals surface area contributed by atoms with Gasteiger partial charge < -0.3 is 5.73 Å². The Kier molecular flexibility index (Phi) is 4.06. The van der Waals surface area contributed by atoms with Crippen LogP contribution in [0.5, 0.6) is 0 Å². The lowest BCUT2D eigenvalue weighted by Gasteiger charge is -2.15. The maximum atomic E-state index is 11.5. The quantitative estimate of drug-likeness (QED) is 0.814. The molecule has 4 nitrogen and oxygen atoms in total. The van der Waals surface area contributed by atoms with Crippen molar-refractivity contribution in [2.75, 3.05) is 14.1 Å². The molecule has 0 saturated carbocycles. The van der Waals surface area contributed by atoms with Crippen LogP contribution in [0.25, 0.3) is 0 Å². The van der Waals surface area contributed by atoms with Crippen LogP contribution in [-0.2, 0) is 4.79 Å². The molecule has 1 aromatic rings. The molecule has 0 fully saturated rings. The summed E-state index contributed by atoms with van der Waals surface area (Å²) in [6.45, 7) is 0. The van der Waals surface area contributed by atoms with Gasteiger partial charge in [0.25, 0.3) is 5.91 Å². The van der Waals surface area contributed by atoms with Gasteiger partial charge in [-0.25, -0.2) is 5.01 Å². The zero-order valence-electron chi connectivity index (χ0n) is 7.95. The Morgan fingerprint density at radius 2 is 2.36 bits per heavy atom. The van der Waals surface area contributed by atoms with Crippen molar-refractivity contribution >= 4 is 33.2 Å². The van der Waals surface area contributed by atoms with E-state index < -0.39 is 6.04 Å². The fourth-order valence-electron chi connectivity index (χ4n) is 0.910. The Labute approximate surface area is 95.2 Å². The van der Waals surface area contributed by atoms with Crippen molar-refractivity contribution in [3.05, 3.63) is 20.8 Å². The molecule has 0 spiro atoms. The van der Waals surface area contributed by atoms with Crippen LogP contribution in [0.15, 0.2) is 15.9 Å². The molecule has 78 valence electrons. The van der Waals surface area contributed by atoms with Crippen molar-refractivity contribution < 1.29 is 4.79 Å². The van der Waals surface area contributed by atoms with Gasteiger partial charge in [-0.2, -0.15) is 0 Å². The largest absolute Gasteiger partial charge is 0.315 e. The van der Waals surface area contributed by atoms with Gasteiger partial charge in [-0.1, -0.05) is 0 Å². The normalized spacial score (nSPS) is 12.9. The number of carbonyl (C=O) groups excluding carboxylic acids is 1. The molecule has 0 aromatic carbocycles. The first-order valence-corrected chi connectivity index (χ1v) is 5.65. The molecule has 1 amide bonds. The molecule has 3 N–H and O–H groups in total. The molecule has 0 aliphatic rings. The van der Waals surface area contributed by atoms with E-state index in [0.717, 1.165) is 9.35 Å². The van der Waals surface area contributed by atoms with Crippen molar-refractivity contribution in [3.8, 4) is 0 Å². The van der Waals surface area contributed by atoms with Crippen molar-refractivity contribution in [2.24, 2.45) is 5.73 Å². The number of rotatable bonds is 3. The van der Waals surface area contributed by atoms with Gasteiger partial charge in [-0.3, -0.25) is 10.2 Å². The number of carbonyl (C=O) groups is 1. The molecule has 1 rings (SSSR count). The monoisotopic (exact) mass is 277 g/mol. The van der Waals surface area contributed by atoms with Crippen LogP contribution < -0.4 is 11.2 Å². The van der Waals surface area contributed by atoms with E-state index in [-0.39, 0.29) is 5.91 Å². The number of hydrogen-bond donors (Lipinski definition) is 2. The van der Waals surface area contributed by atoms with Gasteiger partial charge in [0.05, 0.1) is 0 Å². The van der Waals surface area contributed by atoms with Gasteiger partial charge in [0.1, 0.15) is 6.04 Å². The number of hydrogen-bond acceptors (Lipinski definition) is 4. The van der Waals surface area contributed by atoms with Crippen LogP contribution in [0.4, 0.5) is 0 Å². The lowest BCUT2D eigenvalue weighted by molar-refractivity contribution is -0.126. The predicted molar refractivity (Wildman–Crippen MR) is 60.8 cm³/mol. The number of nitrogens with one attached hydrogen (secondary N) is 1. The van der Waals surface area contributed by atoms with E-state index in [1.807, 2.05) is 11.4 Å². The molecule has 1 unspecified atom stereocenters. The van der Waals surface area contributed by atoms with E-state index in [2.05, 4.69) is 21.4 Å². The summed E-state index contributed by atoms with van der Waals surface area (Å²) in [5, 5.41) is 3.48. The number of nitrogens with zero attached hydrogens (tertiary/aromatic N) is 1. The summed E-state index contributed by atoms with van der Waals surface area (Å²) in [6, 6.07) is 1.25. The van der Waals surface area contributed by atoms with E-state index in [4.69, 9.17) is 5.73 Å². The molecule has 0 bridgehead atoms. The minimum Gasteiger partial charge on any atom is -0.315 e. The van der Waals surface area contributed by atoms with Crippen molar-refractivity contribution in [1.29, 1.82) is 0 Å². The number of halogens is 1. The third-order valence-electron chi connectivity index (χ3n) is 1.51. The van der Waals surface area contributed by atoms with Gasteiger partial charge in [-0.15, -0.1) is 11.3 Å². The zero-order valence-corrected chi connectivity index (χ0v) is 10.4. The van der Waals surface area contributed by atoms with Crippen molar-refractivity contribution in [3.63, 3.8) is 0 Å². The molecule has 6 heteroatoms. The van der Waals surface area contributed by atoms with Crippen LogP contribution in [0.3, 0.4) is 0 Å². The molecule has 0 radical (unpaired) electrons. The molecular weight excluding hydrogens is 266 g/mol. The smallest absolute Gasteiger partial charge is 0.256 e. The first kappa shape index (κ1) is 11.6.